The molecule has 2 nitrogen and oxygen atoms in total. The average molecular weight is 238 g/mol. The first-order chi connectivity index (χ1) is 8.08. The van der Waals surface area contributed by atoms with Gasteiger partial charge in [0.1, 0.15) is 0 Å². The standard InChI is InChI=1S/C15H30N2/c1-11(2)15-10-16-5-6-17(15)14-8-12(3)7-13(4)9-14/h11-16H,5-10H2,1-4H3. The summed E-state index contributed by atoms with van der Waals surface area (Å²) in [5.74, 6) is 2.62. The lowest BCUT2D eigenvalue weighted by Crippen LogP contribution is -2.58. The van der Waals surface area contributed by atoms with Crippen molar-refractivity contribution < 1.29 is 0 Å². The summed E-state index contributed by atoms with van der Waals surface area (Å²) >= 11 is 0. The molecule has 3 atom stereocenters. The monoisotopic (exact) mass is 238 g/mol. The molecule has 2 rings (SSSR count). The van der Waals surface area contributed by atoms with E-state index < -0.39 is 0 Å². The van der Waals surface area contributed by atoms with Crippen molar-refractivity contribution in [2.75, 3.05) is 19.6 Å². The van der Waals surface area contributed by atoms with Crippen molar-refractivity contribution in [1.29, 1.82) is 0 Å². The van der Waals surface area contributed by atoms with Gasteiger partial charge in [-0.05, 0) is 37.0 Å². The fourth-order valence-electron chi connectivity index (χ4n) is 3.99. The highest BCUT2D eigenvalue weighted by molar-refractivity contribution is 4.90. The Hall–Kier alpha value is -0.0800. The van der Waals surface area contributed by atoms with Gasteiger partial charge in [0.25, 0.3) is 0 Å². The van der Waals surface area contributed by atoms with E-state index in [9.17, 15) is 0 Å². The molecule has 1 aliphatic carbocycles. The Kier molecular flexibility index (Phi) is 4.48. The molecule has 1 heterocycles. The third kappa shape index (κ3) is 3.23. The number of nitrogens with zero attached hydrogens (tertiary/aromatic N) is 1. The fraction of sp³-hybridized carbons (Fsp3) is 1.00. The van der Waals surface area contributed by atoms with Crippen LogP contribution in [0.3, 0.4) is 0 Å². The average Bonchev–Trinajstić information content (AvgIpc) is 2.27. The topological polar surface area (TPSA) is 15.3 Å². The zero-order chi connectivity index (χ0) is 12.4. The van der Waals surface area contributed by atoms with Crippen LogP contribution in [0.25, 0.3) is 0 Å². The SMILES string of the molecule is CC1CC(C)CC(N2CCNCC2C(C)C)C1. The van der Waals surface area contributed by atoms with E-state index >= 15 is 0 Å². The van der Waals surface area contributed by atoms with Gasteiger partial charge in [-0.3, -0.25) is 4.90 Å². The molecule has 100 valence electrons. The first-order valence-corrected chi connectivity index (χ1v) is 7.54. The third-order valence-corrected chi connectivity index (χ3v) is 4.72. The first kappa shape index (κ1) is 13.4. The van der Waals surface area contributed by atoms with Crippen molar-refractivity contribution in [1.82, 2.24) is 10.2 Å². The van der Waals surface area contributed by atoms with Crippen molar-refractivity contribution in [3.8, 4) is 0 Å². The molecular formula is C15H30N2. The number of piperazine rings is 1. The zero-order valence-corrected chi connectivity index (χ0v) is 12.1. The highest BCUT2D eigenvalue weighted by Crippen LogP contribution is 2.33. The van der Waals surface area contributed by atoms with Crippen LogP contribution in [0.2, 0.25) is 0 Å². The van der Waals surface area contributed by atoms with Gasteiger partial charge in [-0.1, -0.05) is 27.7 Å². The van der Waals surface area contributed by atoms with Crippen molar-refractivity contribution in [3.63, 3.8) is 0 Å². The molecular weight excluding hydrogens is 208 g/mol. The van der Waals surface area contributed by atoms with Crippen LogP contribution >= 0.6 is 0 Å². The zero-order valence-electron chi connectivity index (χ0n) is 12.1. The van der Waals surface area contributed by atoms with E-state index in [0.29, 0.717) is 0 Å². The van der Waals surface area contributed by atoms with Gasteiger partial charge in [0.05, 0.1) is 0 Å². The number of nitrogens with one attached hydrogen (secondary N) is 1. The molecule has 0 amide bonds. The molecule has 3 unspecified atom stereocenters. The highest BCUT2D eigenvalue weighted by Gasteiger charge is 2.34. The first-order valence-electron chi connectivity index (χ1n) is 7.54. The second-order valence-corrected chi connectivity index (χ2v) is 6.82. The second kappa shape index (κ2) is 5.71. The lowest BCUT2D eigenvalue weighted by Gasteiger charge is -2.47. The Morgan fingerprint density at radius 2 is 1.71 bits per heavy atom. The molecule has 0 aromatic rings. The molecule has 0 bridgehead atoms. The van der Waals surface area contributed by atoms with Crippen LogP contribution in [0, 0.1) is 17.8 Å². The maximum absolute atomic E-state index is 3.57. The van der Waals surface area contributed by atoms with Gasteiger partial charge < -0.3 is 5.32 Å². The lowest BCUT2D eigenvalue weighted by molar-refractivity contribution is 0.0352. The smallest absolute Gasteiger partial charge is 0.0247 e. The lowest BCUT2D eigenvalue weighted by atomic mass is 9.78. The fourth-order valence-corrected chi connectivity index (χ4v) is 3.99. The van der Waals surface area contributed by atoms with E-state index in [1.807, 2.05) is 0 Å². The molecule has 2 aliphatic rings. The van der Waals surface area contributed by atoms with E-state index in [-0.39, 0.29) is 0 Å². The predicted molar refractivity (Wildman–Crippen MR) is 74.2 cm³/mol. The summed E-state index contributed by atoms with van der Waals surface area (Å²) in [5, 5.41) is 3.57. The van der Waals surface area contributed by atoms with Gasteiger partial charge >= 0.3 is 0 Å². The molecule has 0 radical (unpaired) electrons. The van der Waals surface area contributed by atoms with Crippen LogP contribution in [0.1, 0.15) is 47.0 Å². The largest absolute Gasteiger partial charge is 0.314 e. The van der Waals surface area contributed by atoms with E-state index in [1.54, 1.807) is 0 Å². The number of rotatable bonds is 2. The second-order valence-electron chi connectivity index (χ2n) is 6.82. The molecule has 17 heavy (non-hydrogen) atoms. The van der Waals surface area contributed by atoms with Crippen LogP contribution in [0.4, 0.5) is 0 Å². The summed E-state index contributed by atoms with van der Waals surface area (Å²) in [6.07, 6.45) is 4.29. The van der Waals surface area contributed by atoms with Crippen LogP contribution < -0.4 is 5.32 Å². The van der Waals surface area contributed by atoms with E-state index in [0.717, 1.165) is 29.8 Å². The Morgan fingerprint density at radius 1 is 1.06 bits per heavy atom. The third-order valence-electron chi connectivity index (χ3n) is 4.72. The Morgan fingerprint density at radius 3 is 2.29 bits per heavy atom. The van der Waals surface area contributed by atoms with E-state index in [2.05, 4.69) is 37.9 Å². The van der Waals surface area contributed by atoms with Crippen molar-refractivity contribution >= 4 is 0 Å². The van der Waals surface area contributed by atoms with Crippen LogP contribution in [0.15, 0.2) is 0 Å². The molecule has 0 spiro atoms. The van der Waals surface area contributed by atoms with E-state index in [1.165, 1.54) is 38.9 Å². The molecule has 0 aromatic carbocycles. The minimum absolute atomic E-state index is 0.756. The van der Waals surface area contributed by atoms with Gasteiger partial charge in [0.15, 0.2) is 0 Å². The van der Waals surface area contributed by atoms with Gasteiger partial charge in [-0.2, -0.15) is 0 Å². The van der Waals surface area contributed by atoms with Gasteiger partial charge in [-0.25, -0.2) is 0 Å². The van der Waals surface area contributed by atoms with Crippen molar-refractivity contribution in [3.05, 3.63) is 0 Å². The molecule has 2 heteroatoms. The van der Waals surface area contributed by atoms with Crippen molar-refractivity contribution in [2.24, 2.45) is 17.8 Å². The summed E-state index contributed by atoms with van der Waals surface area (Å²) in [6, 6.07) is 1.61. The van der Waals surface area contributed by atoms with Crippen molar-refractivity contribution in [2.45, 2.75) is 59.0 Å². The van der Waals surface area contributed by atoms with Gasteiger partial charge in [0.2, 0.25) is 0 Å². The maximum atomic E-state index is 3.57. The molecule has 1 saturated carbocycles. The quantitative estimate of drug-likeness (QED) is 0.796. The summed E-state index contributed by atoms with van der Waals surface area (Å²) in [5.41, 5.74) is 0. The summed E-state index contributed by atoms with van der Waals surface area (Å²) in [7, 11) is 0. The Labute approximate surface area is 107 Å². The molecule has 1 aliphatic heterocycles. The van der Waals surface area contributed by atoms with Crippen LogP contribution in [-0.2, 0) is 0 Å². The summed E-state index contributed by atoms with van der Waals surface area (Å²) in [6.45, 7) is 13.3. The molecule has 0 aromatic heterocycles. The number of hydrogen-bond acceptors (Lipinski definition) is 2. The predicted octanol–water partition coefficient (Wildman–Crippen LogP) is 2.74. The van der Waals surface area contributed by atoms with Gasteiger partial charge in [-0.15, -0.1) is 0 Å². The maximum Gasteiger partial charge on any atom is 0.0247 e. The molecule has 2 fully saturated rings. The molecule has 1 saturated heterocycles. The van der Waals surface area contributed by atoms with Crippen LogP contribution in [-0.4, -0.2) is 36.6 Å². The van der Waals surface area contributed by atoms with Crippen LogP contribution in [0.5, 0.6) is 0 Å². The Balaban J connectivity index is 2.02. The molecule has 1 N–H and O–H groups in total. The summed E-state index contributed by atoms with van der Waals surface area (Å²) < 4.78 is 0. The number of hydrogen-bond donors (Lipinski definition) is 1. The minimum Gasteiger partial charge on any atom is -0.314 e. The van der Waals surface area contributed by atoms with Gasteiger partial charge in [0, 0.05) is 31.7 Å². The Bertz CT molecular complexity index is 229. The minimum atomic E-state index is 0.756. The highest BCUT2D eigenvalue weighted by atomic mass is 15.2. The summed E-state index contributed by atoms with van der Waals surface area (Å²) in [4.78, 5) is 2.83. The van der Waals surface area contributed by atoms with E-state index in [4.69, 9.17) is 0 Å². The normalized spacial score (nSPS) is 40.8.